The Kier molecular flexibility index (Phi) is 5.26. The van der Waals surface area contributed by atoms with E-state index in [9.17, 15) is 9.18 Å². The monoisotopic (exact) mass is 403 g/mol. The molecule has 0 radical (unpaired) electrons. The van der Waals surface area contributed by atoms with Gasteiger partial charge in [-0.25, -0.2) is 4.39 Å². The molecule has 1 unspecified atom stereocenters. The number of ether oxygens (including phenoxy) is 1. The minimum absolute atomic E-state index is 0.143. The van der Waals surface area contributed by atoms with Crippen LogP contribution in [0.5, 0.6) is 0 Å². The zero-order chi connectivity index (χ0) is 20.5. The van der Waals surface area contributed by atoms with Gasteiger partial charge < -0.3 is 9.64 Å². The van der Waals surface area contributed by atoms with Crippen molar-refractivity contribution in [3.63, 3.8) is 0 Å². The Labute approximate surface area is 176 Å². The number of rotatable bonds is 7. The summed E-state index contributed by atoms with van der Waals surface area (Å²) in [6.07, 6.45) is 3.51. The summed E-state index contributed by atoms with van der Waals surface area (Å²) in [5, 5.41) is 2.29. The van der Waals surface area contributed by atoms with Gasteiger partial charge in [-0.15, -0.1) is 0 Å². The van der Waals surface area contributed by atoms with Gasteiger partial charge in [0.1, 0.15) is 11.9 Å². The van der Waals surface area contributed by atoms with Gasteiger partial charge in [-0.05, 0) is 59.2 Å². The summed E-state index contributed by atoms with van der Waals surface area (Å²) in [6, 6.07) is 20.8. The van der Waals surface area contributed by atoms with Crippen LogP contribution in [0.4, 0.5) is 4.39 Å². The summed E-state index contributed by atoms with van der Waals surface area (Å²) < 4.78 is 20.3. The molecular formula is C26H26FNO2. The van der Waals surface area contributed by atoms with Crippen LogP contribution >= 0.6 is 0 Å². The zero-order valence-electron chi connectivity index (χ0n) is 17.0. The van der Waals surface area contributed by atoms with Crippen molar-refractivity contribution in [1.29, 1.82) is 0 Å². The maximum absolute atomic E-state index is 13.7. The third-order valence-electron chi connectivity index (χ3n) is 6.28. The van der Waals surface area contributed by atoms with Gasteiger partial charge in [0.2, 0.25) is 5.91 Å². The van der Waals surface area contributed by atoms with Crippen LogP contribution in [-0.2, 0) is 9.53 Å². The molecule has 2 atom stereocenters. The molecule has 0 aromatic heterocycles. The summed E-state index contributed by atoms with van der Waals surface area (Å²) in [4.78, 5) is 14.7. The Morgan fingerprint density at radius 2 is 1.77 bits per heavy atom. The highest BCUT2D eigenvalue weighted by atomic mass is 19.1. The molecule has 2 aliphatic rings. The van der Waals surface area contributed by atoms with E-state index >= 15 is 0 Å². The summed E-state index contributed by atoms with van der Waals surface area (Å²) >= 11 is 0. The average Bonchev–Trinajstić information content (AvgIpc) is 3.51. The lowest BCUT2D eigenvalue weighted by molar-refractivity contribution is -0.133. The van der Waals surface area contributed by atoms with Gasteiger partial charge in [-0.2, -0.15) is 0 Å². The highest BCUT2D eigenvalue weighted by Crippen LogP contribution is 2.43. The average molecular weight is 403 g/mol. The van der Waals surface area contributed by atoms with E-state index in [4.69, 9.17) is 4.74 Å². The second kappa shape index (κ2) is 8.19. The summed E-state index contributed by atoms with van der Waals surface area (Å²) in [7, 11) is 0. The van der Waals surface area contributed by atoms with Crippen molar-refractivity contribution < 1.29 is 13.9 Å². The van der Waals surface area contributed by atoms with Crippen molar-refractivity contribution in [2.75, 3.05) is 13.2 Å². The molecule has 30 heavy (non-hydrogen) atoms. The van der Waals surface area contributed by atoms with E-state index in [2.05, 4.69) is 30.3 Å². The van der Waals surface area contributed by atoms with Gasteiger partial charge >= 0.3 is 0 Å². The van der Waals surface area contributed by atoms with Gasteiger partial charge in [0.25, 0.3) is 0 Å². The summed E-state index contributed by atoms with van der Waals surface area (Å²) in [5.41, 5.74) is 2.00. The van der Waals surface area contributed by atoms with E-state index in [0.29, 0.717) is 25.5 Å². The van der Waals surface area contributed by atoms with Crippen LogP contribution in [0.2, 0.25) is 0 Å². The van der Waals surface area contributed by atoms with Crippen LogP contribution in [0.3, 0.4) is 0 Å². The number of nitrogens with zero attached hydrogens (tertiary/aromatic N) is 1. The summed E-state index contributed by atoms with van der Waals surface area (Å²) in [5.74, 6) is 0.473. The molecule has 1 heterocycles. The van der Waals surface area contributed by atoms with Crippen LogP contribution in [0.15, 0.2) is 66.7 Å². The van der Waals surface area contributed by atoms with E-state index in [-0.39, 0.29) is 23.9 Å². The lowest BCUT2D eigenvalue weighted by atomic mass is 9.91. The number of carbonyl (C=O) groups is 1. The lowest BCUT2D eigenvalue weighted by Crippen LogP contribution is -2.35. The minimum Gasteiger partial charge on any atom is -0.371 e. The molecule has 3 aromatic rings. The Balaban J connectivity index is 1.63. The second-order valence-electron chi connectivity index (χ2n) is 8.45. The highest BCUT2D eigenvalue weighted by molar-refractivity contribution is 5.86. The molecule has 3 nitrogen and oxygen atoms in total. The number of benzene rings is 3. The molecule has 1 saturated carbocycles. The van der Waals surface area contributed by atoms with Crippen molar-refractivity contribution >= 4 is 16.7 Å². The second-order valence-corrected chi connectivity index (χ2v) is 8.45. The predicted molar refractivity (Wildman–Crippen MR) is 115 cm³/mol. The molecule has 0 bridgehead atoms. The van der Waals surface area contributed by atoms with Gasteiger partial charge in [-0.3, -0.25) is 4.79 Å². The Morgan fingerprint density at radius 1 is 1.00 bits per heavy atom. The van der Waals surface area contributed by atoms with Crippen LogP contribution < -0.4 is 0 Å². The van der Waals surface area contributed by atoms with Gasteiger partial charge in [0.15, 0.2) is 0 Å². The molecule has 1 amide bonds. The van der Waals surface area contributed by atoms with Crippen LogP contribution in [0.1, 0.15) is 49.0 Å². The van der Waals surface area contributed by atoms with Crippen molar-refractivity contribution in [2.24, 2.45) is 5.92 Å². The van der Waals surface area contributed by atoms with E-state index in [0.717, 1.165) is 28.3 Å². The smallest absolute Gasteiger partial charge is 0.223 e. The quantitative estimate of drug-likeness (QED) is 0.498. The number of hydrogen-bond donors (Lipinski definition) is 0. The zero-order valence-corrected chi connectivity index (χ0v) is 17.0. The fourth-order valence-corrected chi connectivity index (χ4v) is 4.52. The lowest BCUT2D eigenvalue weighted by Gasteiger charge is -2.36. The van der Waals surface area contributed by atoms with Gasteiger partial charge in [0.05, 0.1) is 12.6 Å². The first-order valence-corrected chi connectivity index (χ1v) is 10.8. The van der Waals surface area contributed by atoms with E-state index in [1.165, 1.54) is 25.0 Å². The topological polar surface area (TPSA) is 29.5 Å². The SMILES string of the molecule is O=C1CCCN1[C@@H](c1ccc(F)cc1)C(OCC1CC1)c1cccc2ccccc12. The fourth-order valence-electron chi connectivity index (χ4n) is 4.52. The molecule has 1 aliphatic carbocycles. The molecule has 154 valence electrons. The number of amides is 1. The summed E-state index contributed by atoms with van der Waals surface area (Å²) in [6.45, 7) is 1.39. The molecular weight excluding hydrogens is 377 g/mol. The van der Waals surface area contributed by atoms with Gasteiger partial charge in [0, 0.05) is 13.0 Å². The molecule has 4 heteroatoms. The molecule has 0 N–H and O–H groups in total. The van der Waals surface area contributed by atoms with Crippen LogP contribution in [-0.4, -0.2) is 24.0 Å². The standard InChI is InChI=1S/C26H26FNO2/c27-21-14-12-20(13-15-21)25(28-16-4-9-24(28)29)26(30-17-18-10-11-18)23-8-3-6-19-5-1-2-7-22(19)23/h1-3,5-8,12-15,18,25-26H,4,9-11,16-17H2/t25-,26?/m0/s1. The van der Waals surface area contributed by atoms with Crippen molar-refractivity contribution in [1.82, 2.24) is 4.90 Å². The number of likely N-dealkylation sites (tertiary alicyclic amines) is 1. The molecule has 5 rings (SSSR count). The van der Waals surface area contributed by atoms with Crippen LogP contribution in [0.25, 0.3) is 10.8 Å². The Morgan fingerprint density at radius 3 is 2.50 bits per heavy atom. The first-order chi connectivity index (χ1) is 14.7. The normalized spacial score (nSPS) is 18.7. The van der Waals surface area contributed by atoms with Crippen molar-refractivity contribution in [3.05, 3.63) is 83.7 Å². The molecule has 0 spiro atoms. The third-order valence-corrected chi connectivity index (χ3v) is 6.28. The fraction of sp³-hybridized carbons (Fsp3) is 0.346. The van der Waals surface area contributed by atoms with E-state index < -0.39 is 0 Å². The number of hydrogen-bond acceptors (Lipinski definition) is 2. The largest absolute Gasteiger partial charge is 0.371 e. The van der Waals surface area contributed by atoms with Gasteiger partial charge in [-0.1, -0.05) is 54.6 Å². The Bertz CT molecular complexity index is 1040. The van der Waals surface area contributed by atoms with E-state index in [1.807, 2.05) is 17.0 Å². The van der Waals surface area contributed by atoms with Crippen molar-refractivity contribution in [3.8, 4) is 0 Å². The Hall–Kier alpha value is -2.72. The number of halogens is 1. The first kappa shape index (κ1) is 19.3. The van der Waals surface area contributed by atoms with Crippen molar-refractivity contribution in [2.45, 2.75) is 37.8 Å². The maximum atomic E-state index is 13.7. The first-order valence-electron chi connectivity index (χ1n) is 10.8. The maximum Gasteiger partial charge on any atom is 0.223 e. The van der Waals surface area contributed by atoms with E-state index in [1.54, 1.807) is 12.1 Å². The number of carbonyl (C=O) groups excluding carboxylic acids is 1. The molecule has 2 fully saturated rings. The molecule has 1 saturated heterocycles. The third kappa shape index (κ3) is 3.84. The minimum atomic E-state index is -0.302. The number of fused-ring (bicyclic) bond motifs is 1. The highest BCUT2D eigenvalue weighted by Gasteiger charge is 2.38. The molecule has 1 aliphatic heterocycles. The van der Waals surface area contributed by atoms with Crippen LogP contribution in [0, 0.1) is 11.7 Å². The predicted octanol–water partition coefficient (Wildman–Crippen LogP) is 5.81. The molecule has 3 aromatic carbocycles.